The number of nitro groups is 1. The number of aromatic nitrogens is 2. The zero-order chi connectivity index (χ0) is 13.0. The molecule has 0 radical (unpaired) electrons. The fourth-order valence-electron chi connectivity index (χ4n) is 1.70. The second-order valence-electron chi connectivity index (χ2n) is 4.02. The van der Waals surface area contributed by atoms with E-state index in [9.17, 15) is 10.1 Å². The van der Waals surface area contributed by atoms with Gasteiger partial charge < -0.3 is 4.98 Å². The van der Waals surface area contributed by atoms with Gasteiger partial charge in [0.25, 0.3) is 5.69 Å². The molecule has 18 heavy (non-hydrogen) atoms. The van der Waals surface area contributed by atoms with Gasteiger partial charge in [-0.1, -0.05) is 19.4 Å². The molecule has 1 aromatic carbocycles. The van der Waals surface area contributed by atoms with Gasteiger partial charge in [-0.05, 0) is 18.2 Å². The molecule has 0 unspecified atom stereocenters. The quantitative estimate of drug-likeness (QED) is 0.493. The molecule has 96 valence electrons. The maximum Gasteiger partial charge on any atom is 0.297 e. The third kappa shape index (κ3) is 2.81. The molecule has 0 spiro atoms. The van der Waals surface area contributed by atoms with Gasteiger partial charge in [0.15, 0.2) is 5.52 Å². The lowest BCUT2D eigenvalue weighted by atomic mass is 10.3. The van der Waals surface area contributed by atoms with Gasteiger partial charge in [-0.15, -0.1) is 0 Å². The number of para-hydroxylation sites is 1. The van der Waals surface area contributed by atoms with Gasteiger partial charge in [0.1, 0.15) is 5.82 Å². The second kappa shape index (κ2) is 5.86. The summed E-state index contributed by atoms with van der Waals surface area (Å²) in [5.41, 5.74) is 1.25. The normalized spacial score (nSPS) is 10.9. The lowest BCUT2D eigenvalue weighted by Crippen LogP contribution is -1.89. The molecule has 6 heteroatoms. The van der Waals surface area contributed by atoms with Crippen LogP contribution in [0, 0.1) is 10.1 Å². The van der Waals surface area contributed by atoms with Crippen LogP contribution in [0.1, 0.15) is 25.6 Å². The molecule has 0 bridgehead atoms. The van der Waals surface area contributed by atoms with Crippen LogP contribution in [0.15, 0.2) is 18.2 Å². The average molecular weight is 265 g/mol. The van der Waals surface area contributed by atoms with Gasteiger partial charge in [0, 0.05) is 6.07 Å². The molecule has 1 aromatic heterocycles. The summed E-state index contributed by atoms with van der Waals surface area (Å²) < 4.78 is 0. The number of hydrogen-bond acceptors (Lipinski definition) is 4. The maximum atomic E-state index is 10.9. The molecular weight excluding hydrogens is 250 g/mol. The third-order valence-electron chi connectivity index (χ3n) is 2.62. The minimum absolute atomic E-state index is 0.0635. The Hall–Kier alpha value is -1.56. The molecule has 1 heterocycles. The predicted octanol–water partition coefficient (Wildman–Crippen LogP) is 3.50. The molecule has 0 aliphatic carbocycles. The predicted molar refractivity (Wildman–Crippen MR) is 73.8 cm³/mol. The van der Waals surface area contributed by atoms with Crippen molar-refractivity contribution >= 4 is 28.5 Å². The van der Waals surface area contributed by atoms with E-state index < -0.39 is 4.92 Å². The van der Waals surface area contributed by atoms with E-state index in [4.69, 9.17) is 0 Å². The largest absolute Gasteiger partial charge is 0.341 e. The van der Waals surface area contributed by atoms with Crippen molar-refractivity contribution in [3.8, 4) is 0 Å². The highest BCUT2D eigenvalue weighted by Crippen LogP contribution is 2.24. The van der Waals surface area contributed by atoms with Gasteiger partial charge in [0.05, 0.1) is 16.2 Å². The monoisotopic (exact) mass is 265 g/mol. The lowest BCUT2D eigenvalue weighted by Gasteiger charge is -1.96. The van der Waals surface area contributed by atoms with E-state index >= 15 is 0 Å². The van der Waals surface area contributed by atoms with Crippen LogP contribution in [0.4, 0.5) is 5.69 Å². The third-order valence-corrected chi connectivity index (χ3v) is 3.67. The first kappa shape index (κ1) is 12.9. The zero-order valence-corrected chi connectivity index (χ0v) is 11.0. The van der Waals surface area contributed by atoms with Crippen molar-refractivity contribution in [3.63, 3.8) is 0 Å². The van der Waals surface area contributed by atoms with Crippen molar-refractivity contribution in [3.05, 3.63) is 34.1 Å². The van der Waals surface area contributed by atoms with Crippen LogP contribution in [0.25, 0.3) is 11.0 Å². The number of hydrogen-bond donors (Lipinski definition) is 1. The topological polar surface area (TPSA) is 71.8 Å². The smallest absolute Gasteiger partial charge is 0.297 e. The molecule has 0 aliphatic rings. The highest BCUT2D eigenvalue weighted by molar-refractivity contribution is 7.98. The van der Waals surface area contributed by atoms with E-state index in [1.165, 1.54) is 18.9 Å². The highest BCUT2D eigenvalue weighted by Gasteiger charge is 2.15. The number of nitrogens with one attached hydrogen (secondary N) is 1. The summed E-state index contributed by atoms with van der Waals surface area (Å²) in [4.78, 5) is 17.9. The number of nitro benzene ring substituents is 1. The van der Waals surface area contributed by atoms with Gasteiger partial charge in [-0.3, -0.25) is 10.1 Å². The highest BCUT2D eigenvalue weighted by atomic mass is 32.2. The first-order valence-corrected chi connectivity index (χ1v) is 7.07. The Bertz CT molecular complexity index is 553. The molecule has 0 atom stereocenters. The summed E-state index contributed by atoms with van der Waals surface area (Å²) in [6, 6.07) is 4.97. The van der Waals surface area contributed by atoms with Crippen LogP contribution < -0.4 is 0 Å². The summed E-state index contributed by atoms with van der Waals surface area (Å²) in [6.45, 7) is 2.16. The number of unbranched alkanes of at least 4 members (excludes halogenated alkanes) is 1. The van der Waals surface area contributed by atoms with Crippen molar-refractivity contribution < 1.29 is 4.92 Å². The molecule has 0 aliphatic heterocycles. The number of thioether (sulfide) groups is 1. The number of nitrogens with zero attached hydrogens (tertiary/aromatic N) is 2. The van der Waals surface area contributed by atoms with E-state index in [1.807, 2.05) is 6.07 Å². The molecule has 0 fully saturated rings. The van der Waals surface area contributed by atoms with Gasteiger partial charge in [0.2, 0.25) is 0 Å². The van der Waals surface area contributed by atoms with Crippen molar-refractivity contribution in [1.29, 1.82) is 0 Å². The molecular formula is C12H15N3O2S. The van der Waals surface area contributed by atoms with E-state index in [0.717, 1.165) is 22.8 Å². The van der Waals surface area contributed by atoms with E-state index in [2.05, 4.69) is 16.9 Å². The second-order valence-corrected chi connectivity index (χ2v) is 5.13. The molecule has 2 aromatic rings. The first-order chi connectivity index (χ1) is 8.72. The standard InChI is InChI=1S/C12H15N3O2S/c1-2-3-7-18-8-11-13-9-5-4-6-10(15(16)17)12(9)14-11/h4-6H,2-3,7-8H2,1H3,(H,13,14). The number of non-ortho nitro benzene ring substituents is 1. The van der Waals surface area contributed by atoms with Crippen LogP contribution in [0.5, 0.6) is 0 Å². The summed E-state index contributed by atoms with van der Waals surface area (Å²) in [7, 11) is 0. The molecule has 1 N–H and O–H groups in total. The number of rotatable bonds is 6. The van der Waals surface area contributed by atoms with Crippen molar-refractivity contribution in [2.24, 2.45) is 0 Å². The minimum Gasteiger partial charge on any atom is -0.341 e. The Balaban J connectivity index is 2.17. The fourth-order valence-corrected chi connectivity index (χ4v) is 2.67. The molecule has 0 amide bonds. The van der Waals surface area contributed by atoms with Crippen molar-refractivity contribution in [1.82, 2.24) is 9.97 Å². The number of benzene rings is 1. The summed E-state index contributed by atoms with van der Waals surface area (Å²) in [6.07, 6.45) is 2.36. The molecule has 0 saturated heterocycles. The molecule has 0 saturated carbocycles. The number of imidazole rings is 1. The minimum atomic E-state index is -0.392. The Kier molecular flexibility index (Phi) is 4.19. The maximum absolute atomic E-state index is 10.9. The number of H-pyrrole nitrogens is 1. The Morgan fingerprint density at radius 2 is 2.33 bits per heavy atom. The van der Waals surface area contributed by atoms with Crippen LogP contribution in [0.2, 0.25) is 0 Å². The number of aromatic amines is 1. The van der Waals surface area contributed by atoms with Crippen LogP contribution in [0.3, 0.4) is 0 Å². The average Bonchev–Trinajstić information content (AvgIpc) is 2.76. The Labute approximate surface area is 109 Å². The lowest BCUT2D eigenvalue weighted by molar-refractivity contribution is -0.383. The fraction of sp³-hybridized carbons (Fsp3) is 0.417. The molecule has 5 nitrogen and oxygen atoms in total. The SMILES string of the molecule is CCCCSCc1nc2c([N+](=O)[O-])cccc2[nH]1. The zero-order valence-electron chi connectivity index (χ0n) is 10.2. The Morgan fingerprint density at radius 1 is 1.50 bits per heavy atom. The Morgan fingerprint density at radius 3 is 3.06 bits per heavy atom. The van der Waals surface area contributed by atoms with Crippen LogP contribution >= 0.6 is 11.8 Å². The number of fused-ring (bicyclic) bond motifs is 1. The van der Waals surface area contributed by atoms with Crippen LogP contribution in [-0.4, -0.2) is 20.6 Å². The van der Waals surface area contributed by atoms with Crippen LogP contribution in [-0.2, 0) is 5.75 Å². The van der Waals surface area contributed by atoms with Gasteiger partial charge in [-0.25, -0.2) is 4.98 Å². The van der Waals surface area contributed by atoms with E-state index in [-0.39, 0.29) is 5.69 Å². The summed E-state index contributed by atoms with van der Waals surface area (Å²) in [5, 5.41) is 10.9. The first-order valence-electron chi connectivity index (χ1n) is 5.92. The van der Waals surface area contributed by atoms with E-state index in [0.29, 0.717) is 5.52 Å². The summed E-state index contributed by atoms with van der Waals surface area (Å²) in [5.74, 6) is 2.67. The van der Waals surface area contributed by atoms with Gasteiger partial charge >= 0.3 is 0 Å². The van der Waals surface area contributed by atoms with E-state index in [1.54, 1.807) is 17.8 Å². The van der Waals surface area contributed by atoms with Gasteiger partial charge in [-0.2, -0.15) is 11.8 Å². The van der Waals surface area contributed by atoms with Crippen molar-refractivity contribution in [2.75, 3.05) is 5.75 Å². The molecule has 2 rings (SSSR count). The summed E-state index contributed by atoms with van der Waals surface area (Å²) >= 11 is 1.80. The van der Waals surface area contributed by atoms with Crippen molar-refractivity contribution in [2.45, 2.75) is 25.5 Å².